The van der Waals surface area contributed by atoms with Gasteiger partial charge in [0.1, 0.15) is 11.5 Å². The second kappa shape index (κ2) is 7.69. The molecule has 1 N–H and O–H groups in total. The Kier molecular flexibility index (Phi) is 4.87. The molecule has 3 heterocycles. The third kappa shape index (κ3) is 3.31. The van der Waals surface area contributed by atoms with Crippen molar-refractivity contribution in [2.45, 2.75) is 37.3 Å². The van der Waals surface area contributed by atoms with Gasteiger partial charge in [0.2, 0.25) is 0 Å². The van der Waals surface area contributed by atoms with Gasteiger partial charge in [-0.25, -0.2) is 4.39 Å². The van der Waals surface area contributed by atoms with Crippen LogP contribution in [-0.4, -0.2) is 40.2 Å². The van der Waals surface area contributed by atoms with Crippen LogP contribution in [0.25, 0.3) is 11.3 Å². The van der Waals surface area contributed by atoms with Crippen LogP contribution >= 0.6 is 0 Å². The number of likely N-dealkylation sites (tertiary alicyclic amines) is 1. The van der Waals surface area contributed by atoms with Crippen molar-refractivity contribution in [3.05, 3.63) is 77.7 Å². The van der Waals surface area contributed by atoms with Gasteiger partial charge < -0.3 is 9.64 Å². The smallest absolute Gasteiger partial charge is 0.272 e. The van der Waals surface area contributed by atoms with Crippen LogP contribution < -0.4 is 0 Å². The minimum atomic E-state index is -0.352. The predicted octanol–water partition coefficient (Wildman–Crippen LogP) is 4.53. The number of hydrogen-bond donors (Lipinski definition) is 1. The van der Waals surface area contributed by atoms with E-state index in [9.17, 15) is 9.18 Å². The Morgan fingerprint density at radius 2 is 1.97 bits per heavy atom. The molecule has 0 radical (unpaired) electrons. The molecule has 2 bridgehead atoms. The second-order valence-corrected chi connectivity index (χ2v) is 8.10. The molecule has 0 aliphatic carbocycles. The number of nitrogens with zero attached hydrogens (tertiary/aromatic N) is 2. The van der Waals surface area contributed by atoms with Crippen LogP contribution in [0, 0.1) is 5.82 Å². The Labute approximate surface area is 174 Å². The molecule has 5 nitrogen and oxygen atoms in total. The van der Waals surface area contributed by atoms with Crippen molar-refractivity contribution in [2.75, 3.05) is 13.2 Å². The zero-order chi connectivity index (χ0) is 20.6. The second-order valence-electron chi connectivity index (χ2n) is 8.10. The highest BCUT2D eigenvalue weighted by Gasteiger charge is 2.45. The van der Waals surface area contributed by atoms with Crippen molar-refractivity contribution in [3.63, 3.8) is 0 Å². The average Bonchev–Trinajstić information content (AvgIpc) is 3.21. The summed E-state index contributed by atoms with van der Waals surface area (Å²) in [4.78, 5) is 15.2. The number of ether oxygens (including phenoxy) is 1. The van der Waals surface area contributed by atoms with Gasteiger partial charge in [0.05, 0.1) is 11.3 Å². The van der Waals surface area contributed by atoms with E-state index in [2.05, 4.69) is 22.3 Å². The van der Waals surface area contributed by atoms with E-state index in [1.54, 1.807) is 24.3 Å². The molecule has 2 unspecified atom stereocenters. The lowest BCUT2D eigenvalue weighted by Gasteiger charge is -2.45. The maximum Gasteiger partial charge on any atom is 0.272 e. The Balaban J connectivity index is 1.40. The topological polar surface area (TPSA) is 58.2 Å². The molecule has 1 aromatic heterocycles. The van der Waals surface area contributed by atoms with Crippen LogP contribution in [0.3, 0.4) is 0 Å². The van der Waals surface area contributed by atoms with Gasteiger partial charge in [-0.1, -0.05) is 42.5 Å². The molecule has 5 rings (SSSR count). The lowest BCUT2D eigenvalue weighted by molar-refractivity contribution is -0.0831. The number of halogens is 1. The van der Waals surface area contributed by atoms with Gasteiger partial charge in [0.15, 0.2) is 0 Å². The summed E-state index contributed by atoms with van der Waals surface area (Å²) in [6.45, 7) is 1.32. The van der Waals surface area contributed by atoms with Gasteiger partial charge >= 0.3 is 0 Å². The molecule has 2 atom stereocenters. The predicted molar refractivity (Wildman–Crippen MR) is 111 cm³/mol. The van der Waals surface area contributed by atoms with Crippen LogP contribution in [0.5, 0.6) is 0 Å². The Hall–Kier alpha value is -2.99. The Bertz CT molecular complexity index is 1050. The fraction of sp³-hybridized carbons (Fsp3) is 0.333. The minimum Gasteiger partial charge on any atom is -0.370 e. The molecule has 2 aliphatic rings. The zero-order valence-corrected chi connectivity index (χ0v) is 16.7. The van der Waals surface area contributed by atoms with Gasteiger partial charge in [-0.3, -0.25) is 9.89 Å². The molecule has 2 fully saturated rings. The number of nitrogens with one attached hydrogen (secondary N) is 1. The van der Waals surface area contributed by atoms with Gasteiger partial charge in [-0.15, -0.1) is 0 Å². The van der Waals surface area contributed by atoms with Crippen molar-refractivity contribution < 1.29 is 13.9 Å². The maximum absolute atomic E-state index is 14.1. The van der Waals surface area contributed by atoms with Crippen LogP contribution in [0.2, 0.25) is 0 Å². The summed E-state index contributed by atoms with van der Waals surface area (Å²) >= 11 is 0. The van der Waals surface area contributed by atoms with Gasteiger partial charge in [0, 0.05) is 31.2 Å². The summed E-state index contributed by atoms with van der Waals surface area (Å²) < 4.78 is 20.4. The first-order valence-electron chi connectivity index (χ1n) is 10.5. The zero-order valence-electron chi connectivity index (χ0n) is 16.7. The van der Waals surface area contributed by atoms with Crippen LogP contribution in [0.15, 0.2) is 60.7 Å². The third-order valence-electron chi connectivity index (χ3n) is 6.34. The fourth-order valence-electron chi connectivity index (χ4n) is 4.80. The number of piperidine rings is 1. The lowest BCUT2D eigenvalue weighted by atomic mass is 9.80. The summed E-state index contributed by atoms with van der Waals surface area (Å²) in [7, 11) is 0. The third-order valence-corrected chi connectivity index (χ3v) is 6.34. The number of carbonyl (C=O) groups excluding carboxylic acids is 1. The highest BCUT2D eigenvalue weighted by atomic mass is 19.1. The van der Waals surface area contributed by atoms with E-state index < -0.39 is 0 Å². The standard InChI is InChI=1S/C24H24FN3O2/c25-20-11-5-4-10-19(20)21-15-22(27-26-21)23(29)28-13-12-24(17-7-2-1-3-8-17)16-18(28)9-6-14-30-24/h1-5,7-8,10-11,15,18H,6,9,12-14,16H2,(H,26,27). The number of hydrogen-bond acceptors (Lipinski definition) is 3. The first-order valence-corrected chi connectivity index (χ1v) is 10.5. The monoisotopic (exact) mass is 405 g/mol. The molecule has 154 valence electrons. The molecule has 2 aromatic carbocycles. The molecular weight excluding hydrogens is 381 g/mol. The number of aromatic nitrogens is 2. The SMILES string of the molecule is O=C(c1cc(-c2ccccc2F)n[nH]1)N1CCC2(c3ccccc3)CC1CCCO2. The van der Waals surface area contributed by atoms with Crippen LogP contribution in [-0.2, 0) is 10.3 Å². The fourth-order valence-corrected chi connectivity index (χ4v) is 4.80. The van der Waals surface area contributed by atoms with E-state index in [1.165, 1.54) is 11.6 Å². The number of H-pyrrole nitrogens is 1. The van der Waals surface area contributed by atoms with Crippen LogP contribution in [0.4, 0.5) is 4.39 Å². The maximum atomic E-state index is 14.1. The molecule has 0 spiro atoms. The van der Waals surface area contributed by atoms with Gasteiger partial charge in [0.25, 0.3) is 5.91 Å². The van der Waals surface area contributed by atoms with Crippen molar-refractivity contribution >= 4 is 5.91 Å². The molecule has 0 saturated carbocycles. The van der Waals surface area contributed by atoms with Crippen molar-refractivity contribution in [2.24, 2.45) is 0 Å². The molecular formula is C24H24FN3O2. The molecule has 1 amide bonds. The Morgan fingerprint density at radius 3 is 2.80 bits per heavy atom. The molecule has 3 aromatic rings. The number of carbonyl (C=O) groups is 1. The molecule has 30 heavy (non-hydrogen) atoms. The molecule has 2 aliphatic heterocycles. The number of aromatic amines is 1. The first-order chi connectivity index (χ1) is 14.7. The number of amides is 1. The van der Waals surface area contributed by atoms with Crippen molar-refractivity contribution in [3.8, 4) is 11.3 Å². The number of rotatable bonds is 3. The minimum absolute atomic E-state index is 0.0846. The largest absolute Gasteiger partial charge is 0.370 e. The first kappa shape index (κ1) is 19.0. The quantitative estimate of drug-likeness (QED) is 0.697. The van der Waals surface area contributed by atoms with E-state index in [4.69, 9.17) is 4.74 Å². The molecule has 2 saturated heterocycles. The van der Waals surface area contributed by atoms with E-state index in [0.29, 0.717) is 30.1 Å². The highest BCUT2D eigenvalue weighted by Crippen LogP contribution is 2.43. The van der Waals surface area contributed by atoms with E-state index in [0.717, 1.165) is 25.7 Å². The lowest BCUT2D eigenvalue weighted by Crippen LogP contribution is -2.51. The van der Waals surface area contributed by atoms with Crippen molar-refractivity contribution in [1.82, 2.24) is 15.1 Å². The van der Waals surface area contributed by atoms with Crippen LogP contribution in [0.1, 0.15) is 41.7 Å². The highest BCUT2D eigenvalue weighted by molar-refractivity contribution is 5.93. The van der Waals surface area contributed by atoms with E-state index in [1.807, 2.05) is 23.1 Å². The van der Waals surface area contributed by atoms with E-state index in [-0.39, 0.29) is 23.4 Å². The Morgan fingerprint density at radius 1 is 1.17 bits per heavy atom. The summed E-state index contributed by atoms with van der Waals surface area (Å²) in [5.41, 5.74) is 2.08. The van der Waals surface area contributed by atoms with Gasteiger partial charge in [-0.2, -0.15) is 5.10 Å². The normalized spacial score (nSPS) is 23.8. The molecule has 6 heteroatoms. The summed E-state index contributed by atoms with van der Waals surface area (Å²) in [6, 6.07) is 18.5. The summed E-state index contributed by atoms with van der Waals surface area (Å²) in [6.07, 6.45) is 3.38. The average molecular weight is 405 g/mol. The summed E-state index contributed by atoms with van der Waals surface area (Å²) in [5, 5.41) is 7.01. The summed E-state index contributed by atoms with van der Waals surface area (Å²) in [5.74, 6) is -0.437. The number of benzene rings is 2. The van der Waals surface area contributed by atoms with Gasteiger partial charge in [-0.05, 0) is 43.0 Å². The number of fused-ring (bicyclic) bond motifs is 2. The van der Waals surface area contributed by atoms with Crippen molar-refractivity contribution in [1.29, 1.82) is 0 Å². The van der Waals surface area contributed by atoms with E-state index >= 15 is 0 Å².